The molecular weight excluding hydrogens is 616 g/mol. The highest BCUT2D eigenvalue weighted by Gasteiger charge is 2.70. The number of aliphatic hydroxyl groups excluding tert-OH is 2. The number of aliphatic hydroxyl groups is 2. The molecule has 0 aromatic heterocycles. The Morgan fingerprint density at radius 3 is 2.20 bits per heavy atom. The number of rotatable bonds is 16. The summed E-state index contributed by atoms with van der Waals surface area (Å²) < 4.78 is 6.15. The van der Waals surface area contributed by atoms with Crippen molar-refractivity contribution < 1.29 is 24.5 Å². The molecular formula is C40H70N4O5. The maximum atomic E-state index is 14.2. The van der Waals surface area contributed by atoms with Crippen molar-refractivity contribution in [1.29, 1.82) is 0 Å². The van der Waals surface area contributed by atoms with E-state index in [1.54, 1.807) is 0 Å². The first kappa shape index (κ1) is 40.0. The lowest BCUT2D eigenvalue weighted by Crippen LogP contribution is -2.65. The molecule has 1 amide bonds. The Hall–Kier alpha value is -1.78. The van der Waals surface area contributed by atoms with Crippen LogP contribution in [0.15, 0.2) is 22.8 Å². The largest absolute Gasteiger partial charge is 0.458 e. The lowest BCUT2D eigenvalue weighted by atomic mass is 9.36. The van der Waals surface area contributed by atoms with Gasteiger partial charge in [0.05, 0.1) is 12.2 Å². The van der Waals surface area contributed by atoms with Crippen LogP contribution >= 0.6 is 0 Å². The van der Waals surface area contributed by atoms with E-state index in [0.717, 1.165) is 88.7 Å². The second-order valence-corrected chi connectivity index (χ2v) is 16.9. The maximum absolute atomic E-state index is 14.2. The summed E-state index contributed by atoms with van der Waals surface area (Å²) in [6.45, 7) is 19.9. The number of ether oxygens (including phenoxy) is 1. The summed E-state index contributed by atoms with van der Waals surface area (Å²) in [5, 5.41) is 33.2. The van der Waals surface area contributed by atoms with Crippen LogP contribution in [0.4, 0.5) is 0 Å². The summed E-state index contributed by atoms with van der Waals surface area (Å²) in [7, 11) is 0. The Morgan fingerprint density at radius 1 is 0.918 bits per heavy atom. The predicted octanol–water partition coefficient (Wildman–Crippen LogP) is 5.01. The number of amides is 1. The summed E-state index contributed by atoms with van der Waals surface area (Å²) in [4.78, 5) is 26.8. The first-order valence-corrected chi connectivity index (χ1v) is 19.5. The molecule has 280 valence electrons. The summed E-state index contributed by atoms with van der Waals surface area (Å²) in [6, 6.07) is 0. The molecule has 0 radical (unpaired) electrons. The van der Waals surface area contributed by atoms with E-state index in [2.05, 4.69) is 63.6 Å². The molecule has 49 heavy (non-hydrogen) atoms. The molecule has 10 atom stereocenters. The molecule has 4 rings (SSSR count). The van der Waals surface area contributed by atoms with Gasteiger partial charge >= 0.3 is 5.97 Å². The zero-order valence-electron chi connectivity index (χ0n) is 31.8. The quantitative estimate of drug-likeness (QED) is 0.0576. The highest BCUT2D eigenvalue weighted by molar-refractivity contribution is 5.94. The highest BCUT2D eigenvalue weighted by Crippen LogP contribution is 2.74. The van der Waals surface area contributed by atoms with E-state index < -0.39 is 12.2 Å². The van der Waals surface area contributed by atoms with Gasteiger partial charge < -0.3 is 36.6 Å². The summed E-state index contributed by atoms with van der Waals surface area (Å²) in [6.07, 6.45) is 9.90. The van der Waals surface area contributed by atoms with Crippen molar-refractivity contribution >= 4 is 11.9 Å². The second-order valence-electron chi connectivity index (χ2n) is 16.9. The molecule has 9 heteroatoms. The van der Waals surface area contributed by atoms with Crippen LogP contribution in [0.1, 0.15) is 119 Å². The third-order valence-electron chi connectivity index (χ3n) is 13.7. The molecule has 4 saturated carbocycles. The maximum Gasteiger partial charge on any atom is 0.303 e. The van der Waals surface area contributed by atoms with Crippen molar-refractivity contribution in [2.75, 3.05) is 39.3 Å². The lowest BCUT2D eigenvalue weighted by molar-refractivity contribution is -0.234. The summed E-state index contributed by atoms with van der Waals surface area (Å²) >= 11 is 0. The Balaban J connectivity index is 1.58. The molecule has 3 unspecified atom stereocenters. The molecule has 4 aliphatic carbocycles. The third kappa shape index (κ3) is 8.48. The predicted molar refractivity (Wildman–Crippen MR) is 197 cm³/mol. The number of carbonyl (C=O) groups excluding carboxylic acids is 2. The lowest BCUT2D eigenvalue weighted by Gasteiger charge is -2.69. The van der Waals surface area contributed by atoms with Gasteiger partial charge in [0.25, 0.3) is 0 Å². The number of esters is 1. The van der Waals surface area contributed by atoms with Gasteiger partial charge in [-0.3, -0.25) is 9.59 Å². The minimum absolute atomic E-state index is 0.0626. The highest BCUT2D eigenvalue weighted by atomic mass is 16.5. The second kappa shape index (κ2) is 17.2. The fraction of sp³-hybridized carbons (Fsp3) is 0.850. The van der Waals surface area contributed by atoms with Crippen molar-refractivity contribution in [3.63, 3.8) is 0 Å². The van der Waals surface area contributed by atoms with Crippen LogP contribution in [0, 0.1) is 39.9 Å². The van der Waals surface area contributed by atoms with Gasteiger partial charge in [-0.05, 0) is 163 Å². The molecule has 0 heterocycles. The minimum Gasteiger partial charge on any atom is -0.458 e. The molecule has 0 aromatic carbocycles. The molecule has 7 N–H and O–H groups in total. The minimum atomic E-state index is -0.534. The standard InChI is InChI=1S/C40H70N4O5/c1-26(2)12-8-13-29(37(48)44-23-11-22-43-21-10-20-42-19-9-18-41)35-31-24-33(47)36-38(5)16-15-32(46)27(3)30(38)14-17-39(36,6)40(31,7)25-34(35)49-28(4)45/h12,27,30-34,36,42-43,46-47H,8-11,13-25,41H2,1-7H3,(H,44,48)/b35-29-/t27-,30?,31?,32+,33+,34-,36?,38-,39-,40-/m0/s1. The van der Waals surface area contributed by atoms with Crippen molar-refractivity contribution in [2.45, 2.75) is 137 Å². The van der Waals surface area contributed by atoms with Crippen LogP contribution in [0.2, 0.25) is 0 Å². The Morgan fingerprint density at radius 2 is 1.57 bits per heavy atom. The van der Waals surface area contributed by atoms with E-state index in [-0.39, 0.29) is 52.0 Å². The zero-order valence-corrected chi connectivity index (χ0v) is 31.8. The van der Waals surface area contributed by atoms with Gasteiger partial charge in [-0.15, -0.1) is 0 Å². The number of nitrogens with one attached hydrogen (secondary N) is 3. The van der Waals surface area contributed by atoms with Crippen LogP contribution < -0.4 is 21.7 Å². The molecule has 0 spiro atoms. The van der Waals surface area contributed by atoms with Crippen LogP contribution in [0.5, 0.6) is 0 Å². The third-order valence-corrected chi connectivity index (χ3v) is 13.7. The number of fused-ring (bicyclic) bond motifs is 5. The first-order chi connectivity index (χ1) is 23.2. The van der Waals surface area contributed by atoms with Gasteiger partial charge in [-0.2, -0.15) is 0 Å². The molecule has 9 nitrogen and oxygen atoms in total. The molecule has 0 aromatic rings. The number of nitrogens with two attached hydrogens (primary N) is 1. The van der Waals surface area contributed by atoms with Crippen molar-refractivity contribution in [3.8, 4) is 0 Å². The van der Waals surface area contributed by atoms with E-state index in [1.807, 2.05) is 0 Å². The van der Waals surface area contributed by atoms with E-state index in [0.29, 0.717) is 38.3 Å². The topological polar surface area (TPSA) is 146 Å². The van der Waals surface area contributed by atoms with Crippen LogP contribution in [-0.4, -0.2) is 79.7 Å². The van der Waals surface area contributed by atoms with Gasteiger partial charge in [-0.1, -0.05) is 39.3 Å². The van der Waals surface area contributed by atoms with Crippen LogP contribution in [-0.2, 0) is 14.3 Å². The molecule has 0 bridgehead atoms. The number of carbonyl (C=O) groups is 2. The first-order valence-electron chi connectivity index (χ1n) is 19.5. The Bertz CT molecular complexity index is 1200. The number of hydrogen-bond donors (Lipinski definition) is 6. The molecule has 0 saturated heterocycles. The van der Waals surface area contributed by atoms with Crippen LogP contribution in [0.3, 0.4) is 0 Å². The fourth-order valence-electron chi connectivity index (χ4n) is 11.1. The van der Waals surface area contributed by atoms with Gasteiger partial charge in [-0.25, -0.2) is 0 Å². The van der Waals surface area contributed by atoms with Crippen LogP contribution in [0.25, 0.3) is 0 Å². The normalized spacial score (nSPS) is 37.8. The molecule has 0 aliphatic heterocycles. The smallest absolute Gasteiger partial charge is 0.303 e. The molecule has 4 fully saturated rings. The zero-order chi connectivity index (χ0) is 36.0. The number of hydrogen-bond acceptors (Lipinski definition) is 8. The van der Waals surface area contributed by atoms with Gasteiger partial charge in [0.15, 0.2) is 0 Å². The van der Waals surface area contributed by atoms with Gasteiger partial charge in [0, 0.05) is 19.0 Å². The van der Waals surface area contributed by atoms with Crippen molar-refractivity contribution in [1.82, 2.24) is 16.0 Å². The summed E-state index contributed by atoms with van der Waals surface area (Å²) in [5.41, 5.74) is 7.88. The van der Waals surface area contributed by atoms with E-state index in [1.165, 1.54) is 12.5 Å². The average Bonchev–Trinajstić information content (AvgIpc) is 3.30. The number of allylic oxidation sites excluding steroid dienone is 2. The average molecular weight is 687 g/mol. The Kier molecular flexibility index (Phi) is 14.0. The Labute approximate surface area is 297 Å². The van der Waals surface area contributed by atoms with E-state index in [9.17, 15) is 19.8 Å². The van der Waals surface area contributed by atoms with Crippen molar-refractivity contribution in [3.05, 3.63) is 22.8 Å². The summed E-state index contributed by atoms with van der Waals surface area (Å²) in [5.74, 6) is 0.176. The molecule has 4 aliphatic rings. The van der Waals surface area contributed by atoms with E-state index in [4.69, 9.17) is 10.5 Å². The fourth-order valence-corrected chi connectivity index (χ4v) is 11.1. The van der Waals surface area contributed by atoms with E-state index >= 15 is 0 Å². The SMILES string of the molecule is CC(=O)O[C@H]1C[C@@]2(C)C(C[C@@H](O)C3[C@@]4(C)CC[C@@H](O)[C@@H](C)C4CC[C@@]32C)/C1=C(\CCC=C(C)C)C(=O)NCCCNCCCNCCCN. The van der Waals surface area contributed by atoms with Gasteiger partial charge in [0.1, 0.15) is 6.10 Å². The van der Waals surface area contributed by atoms with Gasteiger partial charge in [0.2, 0.25) is 5.91 Å². The van der Waals surface area contributed by atoms with Crippen molar-refractivity contribution in [2.24, 2.45) is 45.7 Å². The monoisotopic (exact) mass is 687 g/mol.